The number of hydrogen-bond donors (Lipinski definition) is 1. The Hall–Kier alpha value is -3.10. The number of methoxy groups -OCH3 is 1. The molecule has 1 N–H and O–H groups in total. The van der Waals surface area contributed by atoms with Gasteiger partial charge < -0.3 is 19.7 Å². The number of amides is 1. The van der Waals surface area contributed by atoms with Crippen LogP contribution in [0.5, 0.6) is 5.88 Å². The number of hydrogen-bond acceptors (Lipinski definition) is 7. The van der Waals surface area contributed by atoms with Gasteiger partial charge in [-0.1, -0.05) is 12.2 Å². The Balaban J connectivity index is 1.52. The summed E-state index contributed by atoms with van der Waals surface area (Å²) in [6.07, 6.45) is 8.83. The highest BCUT2D eigenvalue weighted by atomic mass is 16.5. The Labute approximate surface area is 163 Å². The number of carbonyl (C=O) groups is 1. The van der Waals surface area contributed by atoms with Gasteiger partial charge in [-0.15, -0.1) is 0 Å². The summed E-state index contributed by atoms with van der Waals surface area (Å²) in [5.41, 5.74) is 0.884. The monoisotopic (exact) mass is 384 g/mol. The molecule has 1 fully saturated rings. The number of aryl methyl sites for hydroxylation is 1. The number of likely N-dealkylation sites (tertiary alicyclic amines) is 1. The van der Waals surface area contributed by atoms with Crippen LogP contribution in [0.4, 0.5) is 10.6 Å². The molecule has 2 aliphatic rings. The Morgan fingerprint density at radius 2 is 2.14 bits per heavy atom. The molecule has 0 saturated carbocycles. The number of aromatic nitrogens is 4. The van der Waals surface area contributed by atoms with E-state index in [2.05, 4.69) is 32.5 Å². The first kappa shape index (κ1) is 18.3. The van der Waals surface area contributed by atoms with E-state index in [9.17, 15) is 4.79 Å². The van der Waals surface area contributed by atoms with Gasteiger partial charge in [-0.05, 0) is 32.3 Å². The molecule has 1 aliphatic carbocycles. The molecule has 148 valence electrons. The van der Waals surface area contributed by atoms with Crippen LogP contribution in [0, 0.1) is 6.92 Å². The fourth-order valence-corrected chi connectivity index (χ4v) is 3.27. The summed E-state index contributed by atoms with van der Waals surface area (Å²) in [4.78, 5) is 22.2. The van der Waals surface area contributed by atoms with Crippen LogP contribution in [-0.4, -0.2) is 63.1 Å². The lowest BCUT2D eigenvalue weighted by Gasteiger charge is -2.37. The predicted octanol–water partition coefficient (Wildman–Crippen LogP) is 2.32. The Morgan fingerprint density at radius 3 is 2.82 bits per heavy atom. The first-order valence-corrected chi connectivity index (χ1v) is 9.43. The molecular weight excluding hydrogens is 360 g/mol. The molecule has 1 atom stereocenters. The third-order valence-electron chi connectivity index (χ3n) is 4.81. The fourth-order valence-electron chi connectivity index (χ4n) is 3.27. The number of nitrogens with one attached hydrogen (secondary N) is 1. The molecule has 28 heavy (non-hydrogen) atoms. The van der Waals surface area contributed by atoms with Crippen molar-refractivity contribution in [1.29, 1.82) is 0 Å². The van der Waals surface area contributed by atoms with Crippen molar-refractivity contribution in [2.45, 2.75) is 38.3 Å². The lowest BCUT2D eigenvalue weighted by Crippen LogP contribution is -2.56. The Morgan fingerprint density at radius 1 is 1.29 bits per heavy atom. The van der Waals surface area contributed by atoms with Gasteiger partial charge >= 0.3 is 6.09 Å². The van der Waals surface area contributed by atoms with Crippen molar-refractivity contribution in [3.63, 3.8) is 0 Å². The Bertz CT molecular complexity index is 874. The van der Waals surface area contributed by atoms with E-state index in [-0.39, 0.29) is 12.2 Å². The van der Waals surface area contributed by atoms with Gasteiger partial charge in [0.05, 0.1) is 25.9 Å². The fraction of sp³-hybridized carbons (Fsp3) is 0.474. The quantitative estimate of drug-likeness (QED) is 0.791. The Kier molecular flexibility index (Phi) is 5.14. The highest BCUT2D eigenvalue weighted by molar-refractivity contribution is 5.68. The molecule has 0 aromatic carbocycles. The van der Waals surface area contributed by atoms with Crippen LogP contribution in [0.25, 0.3) is 5.95 Å². The van der Waals surface area contributed by atoms with Crippen molar-refractivity contribution in [2.75, 3.05) is 25.5 Å². The van der Waals surface area contributed by atoms with E-state index < -0.39 is 0 Å². The SMILES string of the molecule is COC(=O)N1CC(Oc2cc(NC3CC=CCC3)nc(-n3ccc(C)n3)n2)C1. The number of nitrogens with zero attached hydrogens (tertiary/aromatic N) is 5. The first-order chi connectivity index (χ1) is 13.6. The zero-order chi connectivity index (χ0) is 19.5. The van der Waals surface area contributed by atoms with Crippen LogP contribution >= 0.6 is 0 Å². The van der Waals surface area contributed by atoms with Crippen LogP contribution in [0.3, 0.4) is 0 Å². The summed E-state index contributed by atoms with van der Waals surface area (Å²) in [6.45, 7) is 2.87. The predicted molar refractivity (Wildman–Crippen MR) is 103 cm³/mol. The average Bonchev–Trinajstić information content (AvgIpc) is 3.11. The van der Waals surface area contributed by atoms with E-state index in [0.717, 1.165) is 25.0 Å². The highest BCUT2D eigenvalue weighted by Crippen LogP contribution is 2.23. The zero-order valence-corrected chi connectivity index (χ0v) is 16.0. The summed E-state index contributed by atoms with van der Waals surface area (Å²) in [5.74, 6) is 1.61. The zero-order valence-electron chi connectivity index (χ0n) is 16.0. The van der Waals surface area contributed by atoms with Gasteiger partial charge in [0.2, 0.25) is 5.88 Å². The largest absolute Gasteiger partial charge is 0.470 e. The molecule has 0 spiro atoms. The second kappa shape index (κ2) is 7.87. The lowest BCUT2D eigenvalue weighted by atomic mass is 10.0. The standard InChI is InChI=1S/C19H24N6O3/c1-13-8-9-25(23-13)18-21-16(20-14-6-4-3-5-7-14)10-17(22-18)28-15-11-24(12-15)19(26)27-2/h3-4,8-10,14-15H,5-7,11-12H2,1-2H3,(H,20,21,22). The molecule has 2 aromatic rings. The maximum Gasteiger partial charge on any atom is 0.409 e. The molecule has 9 nitrogen and oxygen atoms in total. The van der Waals surface area contributed by atoms with Crippen LogP contribution in [-0.2, 0) is 4.74 Å². The van der Waals surface area contributed by atoms with Crippen molar-refractivity contribution in [3.8, 4) is 11.8 Å². The highest BCUT2D eigenvalue weighted by Gasteiger charge is 2.33. The topological polar surface area (TPSA) is 94.4 Å². The summed E-state index contributed by atoms with van der Waals surface area (Å²) < 4.78 is 12.3. The van der Waals surface area contributed by atoms with Gasteiger partial charge in [-0.2, -0.15) is 15.1 Å². The number of rotatable bonds is 5. The molecule has 0 bridgehead atoms. The normalized spacial score (nSPS) is 19.2. The van der Waals surface area contributed by atoms with Crippen LogP contribution in [0.2, 0.25) is 0 Å². The van der Waals surface area contributed by atoms with Gasteiger partial charge in [0.15, 0.2) is 0 Å². The van der Waals surface area contributed by atoms with E-state index in [1.165, 1.54) is 7.11 Å². The van der Waals surface area contributed by atoms with Crippen LogP contribution in [0.1, 0.15) is 25.0 Å². The van der Waals surface area contributed by atoms with Crippen molar-refractivity contribution < 1.29 is 14.3 Å². The summed E-state index contributed by atoms with van der Waals surface area (Å²) >= 11 is 0. The summed E-state index contributed by atoms with van der Waals surface area (Å²) in [7, 11) is 1.37. The maximum absolute atomic E-state index is 11.5. The van der Waals surface area contributed by atoms with Gasteiger partial charge in [-0.25, -0.2) is 9.48 Å². The van der Waals surface area contributed by atoms with Gasteiger partial charge in [0.25, 0.3) is 5.95 Å². The molecule has 9 heteroatoms. The molecule has 1 saturated heterocycles. The molecule has 1 unspecified atom stereocenters. The van der Waals surface area contributed by atoms with Crippen molar-refractivity contribution in [2.24, 2.45) is 0 Å². The first-order valence-electron chi connectivity index (χ1n) is 9.43. The number of anilines is 1. The molecule has 4 rings (SSSR count). The number of allylic oxidation sites excluding steroid dienone is 1. The molecule has 1 amide bonds. The molecule has 1 aliphatic heterocycles. The van der Waals surface area contributed by atoms with E-state index in [4.69, 9.17) is 9.47 Å². The lowest BCUT2D eigenvalue weighted by molar-refractivity contribution is 0.0160. The van der Waals surface area contributed by atoms with E-state index >= 15 is 0 Å². The van der Waals surface area contributed by atoms with Crippen LogP contribution < -0.4 is 10.1 Å². The maximum atomic E-state index is 11.5. The number of carbonyl (C=O) groups excluding carboxylic acids is 1. The molecule has 0 radical (unpaired) electrons. The van der Waals surface area contributed by atoms with Gasteiger partial charge in [-0.3, -0.25) is 0 Å². The summed E-state index contributed by atoms with van der Waals surface area (Å²) in [6, 6.07) is 4.04. The second-order valence-electron chi connectivity index (χ2n) is 7.03. The minimum Gasteiger partial charge on any atom is -0.470 e. The summed E-state index contributed by atoms with van der Waals surface area (Å²) in [5, 5.41) is 7.87. The van der Waals surface area contributed by atoms with Gasteiger partial charge in [0.1, 0.15) is 11.9 Å². The third kappa shape index (κ3) is 4.08. The molecular formula is C19H24N6O3. The second-order valence-corrected chi connectivity index (χ2v) is 7.03. The third-order valence-corrected chi connectivity index (χ3v) is 4.81. The minimum atomic E-state index is -0.344. The smallest absolute Gasteiger partial charge is 0.409 e. The average molecular weight is 384 g/mol. The van der Waals surface area contributed by atoms with Crippen molar-refractivity contribution in [1.82, 2.24) is 24.6 Å². The molecule has 2 aromatic heterocycles. The van der Waals surface area contributed by atoms with Crippen LogP contribution in [0.15, 0.2) is 30.5 Å². The molecule has 3 heterocycles. The number of ether oxygens (including phenoxy) is 2. The van der Waals surface area contributed by atoms with E-state index in [1.54, 1.807) is 15.6 Å². The van der Waals surface area contributed by atoms with E-state index in [1.807, 2.05) is 19.2 Å². The van der Waals surface area contributed by atoms with Crippen molar-refractivity contribution >= 4 is 11.9 Å². The van der Waals surface area contributed by atoms with E-state index in [0.29, 0.717) is 36.8 Å². The van der Waals surface area contributed by atoms with Gasteiger partial charge in [0, 0.05) is 18.3 Å². The minimum absolute atomic E-state index is 0.119. The van der Waals surface area contributed by atoms with Crippen molar-refractivity contribution in [3.05, 3.63) is 36.2 Å².